The van der Waals surface area contributed by atoms with E-state index in [0.29, 0.717) is 17.7 Å². The number of alkyl halides is 1. The van der Waals surface area contributed by atoms with Gasteiger partial charge in [0, 0.05) is 11.3 Å². The van der Waals surface area contributed by atoms with Crippen LogP contribution in [0.4, 0.5) is 5.69 Å². The summed E-state index contributed by atoms with van der Waals surface area (Å²) >= 11 is 1.94. The van der Waals surface area contributed by atoms with Crippen LogP contribution in [0.15, 0.2) is 66.2 Å². The second kappa shape index (κ2) is 6.66. The van der Waals surface area contributed by atoms with E-state index in [1.54, 1.807) is 4.90 Å². The Hall–Kier alpha value is -1.95. The van der Waals surface area contributed by atoms with Gasteiger partial charge in [-0.2, -0.15) is 0 Å². The van der Waals surface area contributed by atoms with Crippen LogP contribution in [-0.4, -0.2) is 15.6 Å². The zero-order valence-corrected chi connectivity index (χ0v) is 14.9. The van der Waals surface area contributed by atoms with Gasteiger partial charge in [0.2, 0.25) is 0 Å². The number of ketones is 1. The summed E-state index contributed by atoms with van der Waals surface area (Å²) in [7, 11) is 0. The summed E-state index contributed by atoms with van der Waals surface area (Å²) in [5.74, 6) is -0.262. The number of Topliss-reactive ketones (excluding diaryl/α,β-unsaturated/α-hetero) is 1. The van der Waals surface area contributed by atoms with Crippen LogP contribution >= 0.6 is 22.6 Å². The van der Waals surface area contributed by atoms with Crippen LogP contribution in [0.1, 0.15) is 18.9 Å². The van der Waals surface area contributed by atoms with Gasteiger partial charge in [0.05, 0.1) is 5.70 Å². The lowest BCUT2D eigenvalue weighted by Crippen LogP contribution is -2.45. The Morgan fingerprint density at radius 2 is 1.52 bits per heavy atom. The van der Waals surface area contributed by atoms with E-state index in [0.717, 1.165) is 11.3 Å². The number of nitrogens with zero attached hydrogens (tertiary/aromatic N) is 1. The number of anilines is 1. The first-order valence-corrected chi connectivity index (χ1v) is 8.75. The number of halogens is 1. The monoisotopic (exact) mass is 417 g/mol. The highest BCUT2D eigenvalue weighted by Crippen LogP contribution is 2.36. The van der Waals surface area contributed by atoms with Crippen LogP contribution in [0.2, 0.25) is 0 Å². The first kappa shape index (κ1) is 15.9. The van der Waals surface area contributed by atoms with Gasteiger partial charge in [0.25, 0.3) is 5.91 Å². The highest BCUT2D eigenvalue weighted by atomic mass is 127. The van der Waals surface area contributed by atoms with Gasteiger partial charge in [0.1, 0.15) is 0 Å². The van der Waals surface area contributed by atoms with E-state index in [-0.39, 0.29) is 11.7 Å². The third-order valence-corrected chi connectivity index (χ3v) is 4.99. The number of carbonyl (C=O) groups excluding carboxylic acids is 2. The largest absolute Gasteiger partial charge is 0.293 e. The molecule has 0 bridgehead atoms. The summed E-state index contributed by atoms with van der Waals surface area (Å²) in [4.78, 5) is 27.1. The molecular formula is C19H16INO2. The van der Waals surface area contributed by atoms with Crippen molar-refractivity contribution in [2.75, 3.05) is 4.90 Å². The minimum absolute atomic E-state index is 0.0795. The second-order valence-corrected chi connectivity index (χ2v) is 6.53. The van der Waals surface area contributed by atoms with Crippen molar-refractivity contribution in [3.05, 3.63) is 71.8 Å². The van der Waals surface area contributed by atoms with Crippen LogP contribution in [0.25, 0.3) is 5.70 Å². The van der Waals surface area contributed by atoms with Gasteiger partial charge in [-0.1, -0.05) is 78.0 Å². The Morgan fingerprint density at radius 1 is 0.957 bits per heavy atom. The van der Waals surface area contributed by atoms with E-state index in [1.807, 2.05) is 90.2 Å². The van der Waals surface area contributed by atoms with Gasteiger partial charge >= 0.3 is 0 Å². The average Bonchev–Trinajstić information content (AvgIpc) is 2.61. The molecule has 23 heavy (non-hydrogen) atoms. The molecule has 1 unspecified atom stereocenters. The summed E-state index contributed by atoms with van der Waals surface area (Å²) in [5, 5.41) is 0. The fraction of sp³-hybridized carbons (Fsp3) is 0.158. The Morgan fingerprint density at radius 3 is 2.09 bits per heavy atom. The highest BCUT2D eigenvalue weighted by Gasteiger charge is 2.40. The van der Waals surface area contributed by atoms with Crippen molar-refractivity contribution in [3.63, 3.8) is 0 Å². The predicted molar refractivity (Wildman–Crippen MR) is 100 cm³/mol. The molecule has 2 aromatic carbocycles. The topological polar surface area (TPSA) is 37.4 Å². The molecule has 3 nitrogen and oxygen atoms in total. The van der Waals surface area contributed by atoms with E-state index in [4.69, 9.17) is 0 Å². The van der Waals surface area contributed by atoms with Gasteiger partial charge in [-0.25, -0.2) is 0 Å². The Labute approximate surface area is 149 Å². The van der Waals surface area contributed by atoms with Crippen LogP contribution in [0.5, 0.6) is 0 Å². The molecular weight excluding hydrogens is 401 g/mol. The first-order chi connectivity index (χ1) is 11.1. The predicted octanol–water partition coefficient (Wildman–Crippen LogP) is 4.23. The molecule has 0 aliphatic carbocycles. The van der Waals surface area contributed by atoms with Gasteiger partial charge in [-0.05, 0) is 24.1 Å². The average molecular weight is 417 g/mol. The molecule has 116 valence electrons. The molecule has 1 atom stereocenters. The van der Waals surface area contributed by atoms with E-state index < -0.39 is 3.92 Å². The lowest BCUT2D eigenvalue weighted by atomic mass is 9.93. The maximum Gasteiger partial charge on any atom is 0.252 e. The maximum atomic E-state index is 12.8. The van der Waals surface area contributed by atoms with E-state index in [9.17, 15) is 9.59 Å². The summed E-state index contributed by atoms with van der Waals surface area (Å²) in [5.41, 5.74) is 3.09. The SMILES string of the molecule is CCC1=C(c2ccccc2)N(c2ccccc2)C(=O)C(I)C1=O. The second-order valence-electron chi connectivity index (χ2n) is 5.28. The molecule has 1 aliphatic heterocycles. The standard InChI is InChI=1S/C19H16INO2/c1-2-15-17(13-9-5-3-6-10-13)21(14-11-7-4-8-12-14)19(23)16(20)18(15)22/h3-12,16H,2H2,1H3. The van der Waals surface area contributed by atoms with Crippen LogP contribution < -0.4 is 4.90 Å². The maximum absolute atomic E-state index is 12.8. The molecule has 3 rings (SSSR count). The fourth-order valence-electron chi connectivity index (χ4n) is 2.81. The van der Waals surface area contributed by atoms with Crippen LogP contribution in [0.3, 0.4) is 0 Å². The van der Waals surface area contributed by atoms with Crippen molar-refractivity contribution in [2.45, 2.75) is 17.3 Å². The van der Waals surface area contributed by atoms with Gasteiger partial charge in [0.15, 0.2) is 9.71 Å². The van der Waals surface area contributed by atoms with E-state index in [1.165, 1.54) is 0 Å². The minimum Gasteiger partial charge on any atom is -0.293 e. The number of amides is 1. The molecule has 0 saturated heterocycles. The number of para-hydroxylation sites is 1. The smallest absolute Gasteiger partial charge is 0.252 e. The van der Waals surface area contributed by atoms with Crippen molar-refractivity contribution in [2.24, 2.45) is 0 Å². The fourth-order valence-corrected chi connectivity index (χ4v) is 3.47. The first-order valence-electron chi connectivity index (χ1n) is 7.51. The Bertz CT molecular complexity index is 768. The number of carbonyl (C=O) groups is 2. The van der Waals surface area contributed by atoms with Crippen molar-refractivity contribution in [3.8, 4) is 0 Å². The Kier molecular flexibility index (Phi) is 4.61. The minimum atomic E-state index is -0.671. The molecule has 0 radical (unpaired) electrons. The molecule has 0 spiro atoms. The lowest BCUT2D eigenvalue weighted by molar-refractivity contribution is -0.123. The number of allylic oxidation sites excluding steroid dienone is 1. The van der Waals surface area contributed by atoms with Gasteiger partial charge < -0.3 is 0 Å². The number of rotatable bonds is 3. The summed E-state index contributed by atoms with van der Waals surface area (Å²) in [6.45, 7) is 1.96. The third-order valence-electron chi connectivity index (χ3n) is 3.89. The Balaban J connectivity index is 2.27. The van der Waals surface area contributed by atoms with Crippen LogP contribution in [0, 0.1) is 0 Å². The van der Waals surface area contributed by atoms with Crippen molar-refractivity contribution in [1.82, 2.24) is 0 Å². The third kappa shape index (κ3) is 2.83. The molecule has 0 N–H and O–H groups in total. The summed E-state index contributed by atoms with van der Waals surface area (Å²) in [6.07, 6.45) is 0.596. The lowest BCUT2D eigenvalue weighted by Gasteiger charge is -2.34. The summed E-state index contributed by atoms with van der Waals surface area (Å²) in [6, 6.07) is 19.1. The number of benzene rings is 2. The van der Waals surface area contributed by atoms with Gasteiger partial charge in [-0.3, -0.25) is 14.5 Å². The molecule has 0 aromatic heterocycles. The van der Waals surface area contributed by atoms with Crippen LogP contribution in [-0.2, 0) is 9.59 Å². The molecule has 0 saturated carbocycles. The summed E-state index contributed by atoms with van der Waals surface area (Å²) < 4.78 is -0.671. The van der Waals surface area contributed by atoms with E-state index in [2.05, 4.69) is 0 Å². The molecule has 1 aliphatic rings. The molecule has 2 aromatic rings. The van der Waals surface area contributed by atoms with Gasteiger partial charge in [-0.15, -0.1) is 0 Å². The number of hydrogen-bond donors (Lipinski definition) is 0. The van der Waals surface area contributed by atoms with Crippen molar-refractivity contribution < 1.29 is 9.59 Å². The molecule has 1 heterocycles. The molecule has 0 fully saturated rings. The quantitative estimate of drug-likeness (QED) is 0.426. The number of hydrogen-bond acceptors (Lipinski definition) is 2. The molecule has 4 heteroatoms. The highest BCUT2D eigenvalue weighted by molar-refractivity contribution is 14.1. The normalized spacial score (nSPS) is 18.5. The van der Waals surface area contributed by atoms with E-state index >= 15 is 0 Å². The van der Waals surface area contributed by atoms with Crippen molar-refractivity contribution >= 4 is 45.7 Å². The zero-order valence-electron chi connectivity index (χ0n) is 12.7. The zero-order chi connectivity index (χ0) is 16.4. The molecule has 1 amide bonds. The van der Waals surface area contributed by atoms with Crippen molar-refractivity contribution in [1.29, 1.82) is 0 Å².